The number of hydrogen-bond acceptors (Lipinski definition) is 2. The van der Waals surface area contributed by atoms with Crippen LogP contribution in [0.25, 0.3) is 0 Å². The number of nitrogens with zero attached hydrogens (tertiary/aromatic N) is 2. The molecular formula is C24H27BrN2O2. The van der Waals surface area contributed by atoms with E-state index < -0.39 is 0 Å². The molecule has 2 aliphatic heterocycles. The monoisotopic (exact) mass is 454 g/mol. The van der Waals surface area contributed by atoms with Gasteiger partial charge >= 0.3 is 0 Å². The van der Waals surface area contributed by atoms with Gasteiger partial charge in [0, 0.05) is 37.1 Å². The molecule has 0 aromatic heterocycles. The number of piperidine rings is 1. The number of amides is 2. The topological polar surface area (TPSA) is 40.6 Å². The van der Waals surface area contributed by atoms with Crippen molar-refractivity contribution in [3.05, 3.63) is 70.2 Å². The van der Waals surface area contributed by atoms with Gasteiger partial charge in [-0.15, -0.1) is 0 Å². The first kappa shape index (κ1) is 20.1. The second-order valence-corrected chi connectivity index (χ2v) is 9.18. The van der Waals surface area contributed by atoms with E-state index in [9.17, 15) is 9.59 Å². The van der Waals surface area contributed by atoms with Crippen molar-refractivity contribution in [1.82, 2.24) is 9.80 Å². The van der Waals surface area contributed by atoms with Crippen molar-refractivity contribution in [1.29, 1.82) is 0 Å². The predicted octanol–water partition coefficient (Wildman–Crippen LogP) is 4.28. The van der Waals surface area contributed by atoms with Crippen LogP contribution in [0.2, 0.25) is 0 Å². The van der Waals surface area contributed by atoms with Gasteiger partial charge in [-0.25, -0.2) is 0 Å². The molecule has 2 heterocycles. The zero-order valence-corrected chi connectivity index (χ0v) is 18.2. The highest BCUT2D eigenvalue weighted by atomic mass is 79.9. The molecule has 0 saturated carbocycles. The normalized spacial score (nSPS) is 20.3. The van der Waals surface area contributed by atoms with Crippen LogP contribution in [0, 0.1) is 11.8 Å². The lowest BCUT2D eigenvalue weighted by Crippen LogP contribution is -2.42. The first-order valence-corrected chi connectivity index (χ1v) is 11.2. The van der Waals surface area contributed by atoms with E-state index in [-0.39, 0.29) is 17.7 Å². The highest BCUT2D eigenvalue weighted by Crippen LogP contribution is 2.27. The van der Waals surface area contributed by atoms with Crippen molar-refractivity contribution in [2.45, 2.75) is 32.2 Å². The molecule has 0 radical (unpaired) electrons. The van der Waals surface area contributed by atoms with Crippen molar-refractivity contribution in [2.24, 2.45) is 11.8 Å². The molecule has 152 valence electrons. The molecule has 2 aromatic rings. The Kier molecular flexibility index (Phi) is 6.34. The summed E-state index contributed by atoms with van der Waals surface area (Å²) in [5, 5.41) is 0. The average Bonchev–Trinajstić information content (AvgIpc) is 3.09. The van der Waals surface area contributed by atoms with E-state index in [0.29, 0.717) is 25.4 Å². The molecule has 29 heavy (non-hydrogen) atoms. The van der Waals surface area contributed by atoms with Crippen LogP contribution in [-0.2, 0) is 22.6 Å². The Bertz CT molecular complexity index is 862. The summed E-state index contributed by atoms with van der Waals surface area (Å²) in [6.07, 6.45) is 3.52. The second-order valence-electron chi connectivity index (χ2n) is 8.26. The Hall–Kier alpha value is -2.14. The van der Waals surface area contributed by atoms with Crippen LogP contribution < -0.4 is 0 Å². The third-order valence-corrected chi connectivity index (χ3v) is 6.61. The van der Waals surface area contributed by atoms with Crippen LogP contribution in [0.3, 0.4) is 0 Å². The van der Waals surface area contributed by atoms with Crippen LogP contribution in [0.15, 0.2) is 59.1 Å². The van der Waals surface area contributed by atoms with Gasteiger partial charge in [-0.2, -0.15) is 0 Å². The maximum atomic E-state index is 13.0. The molecule has 4 nitrogen and oxygen atoms in total. The maximum Gasteiger partial charge on any atom is 0.227 e. The van der Waals surface area contributed by atoms with E-state index in [0.717, 1.165) is 42.4 Å². The summed E-state index contributed by atoms with van der Waals surface area (Å²) >= 11 is 3.48. The van der Waals surface area contributed by atoms with Crippen LogP contribution in [0.4, 0.5) is 0 Å². The van der Waals surface area contributed by atoms with Gasteiger partial charge in [0.15, 0.2) is 0 Å². The fourth-order valence-electron chi connectivity index (χ4n) is 4.51. The molecule has 4 rings (SSSR count). The smallest absolute Gasteiger partial charge is 0.227 e. The lowest BCUT2D eigenvalue weighted by Gasteiger charge is -2.33. The fourth-order valence-corrected chi connectivity index (χ4v) is 4.96. The van der Waals surface area contributed by atoms with E-state index in [2.05, 4.69) is 40.2 Å². The summed E-state index contributed by atoms with van der Waals surface area (Å²) in [4.78, 5) is 29.3. The van der Waals surface area contributed by atoms with Crippen LogP contribution in [0.1, 0.15) is 30.4 Å². The summed E-state index contributed by atoms with van der Waals surface area (Å²) in [6, 6.07) is 18.6. The number of carbonyl (C=O) groups excluding carboxylic acids is 2. The van der Waals surface area contributed by atoms with E-state index in [1.165, 1.54) is 5.56 Å². The molecular weight excluding hydrogens is 428 g/mol. The number of carbonyl (C=O) groups is 2. The van der Waals surface area contributed by atoms with E-state index in [1.807, 2.05) is 40.1 Å². The average molecular weight is 455 g/mol. The zero-order chi connectivity index (χ0) is 20.2. The molecule has 0 aliphatic carbocycles. The molecule has 2 fully saturated rings. The van der Waals surface area contributed by atoms with Gasteiger partial charge < -0.3 is 9.80 Å². The number of hydrogen-bond donors (Lipinski definition) is 0. The molecule has 0 bridgehead atoms. The predicted molar refractivity (Wildman–Crippen MR) is 117 cm³/mol. The van der Waals surface area contributed by atoms with Crippen molar-refractivity contribution in [3.8, 4) is 0 Å². The summed E-state index contributed by atoms with van der Waals surface area (Å²) in [5.74, 6) is 0.690. The number of rotatable bonds is 5. The van der Waals surface area contributed by atoms with Crippen molar-refractivity contribution in [3.63, 3.8) is 0 Å². The summed E-state index contributed by atoms with van der Waals surface area (Å²) < 4.78 is 1.01. The lowest BCUT2D eigenvalue weighted by atomic mass is 9.89. The molecule has 2 amide bonds. The maximum absolute atomic E-state index is 13.0. The Labute approximate surface area is 181 Å². The number of benzene rings is 2. The van der Waals surface area contributed by atoms with E-state index >= 15 is 0 Å². The third kappa shape index (κ3) is 5.08. The molecule has 0 spiro atoms. The van der Waals surface area contributed by atoms with Gasteiger partial charge in [-0.05, 0) is 48.4 Å². The Morgan fingerprint density at radius 2 is 1.72 bits per heavy atom. The van der Waals surface area contributed by atoms with E-state index in [4.69, 9.17) is 0 Å². The van der Waals surface area contributed by atoms with Crippen molar-refractivity contribution in [2.75, 3.05) is 19.6 Å². The molecule has 1 atom stereocenters. The van der Waals surface area contributed by atoms with Gasteiger partial charge in [0.25, 0.3) is 0 Å². The van der Waals surface area contributed by atoms with Gasteiger partial charge in [0.05, 0.1) is 5.92 Å². The quantitative estimate of drug-likeness (QED) is 0.676. The zero-order valence-electron chi connectivity index (χ0n) is 16.6. The second kappa shape index (κ2) is 9.12. The Balaban J connectivity index is 1.28. The molecule has 2 saturated heterocycles. The number of likely N-dealkylation sites (tertiary alicyclic amines) is 2. The van der Waals surface area contributed by atoms with Crippen LogP contribution >= 0.6 is 15.9 Å². The largest absolute Gasteiger partial charge is 0.342 e. The molecule has 1 unspecified atom stereocenters. The summed E-state index contributed by atoms with van der Waals surface area (Å²) in [6.45, 7) is 2.73. The minimum absolute atomic E-state index is 0.0855. The lowest BCUT2D eigenvalue weighted by molar-refractivity contribution is -0.137. The minimum atomic E-state index is -0.194. The highest BCUT2D eigenvalue weighted by molar-refractivity contribution is 9.10. The molecule has 2 aromatic carbocycles. The standard InChI is InChI=1S/C24H27BrN2O2/c25-22-8-4-7-20(14-22)16-27-17-21(15-23(27)28)24(29)26-11-9-19(10-12-26)13-18-5-2-1-3-6-18/h1-8,14,19,21H,9-13,15-17H2. The summed E-state index contributed by atoms with van der Waals surface area (Å²) in [7, 11) is 0. The Morgan fingerprint density at radius 1 is 1.00 bits per heavy atom. The van der Waals surface area contributed by atoms with E-state index in [1.54, 1.807) is 0 Å². The van der Waals surface area contributed by atoms with Crippen molar-refractivity contribution >= 4 is 27.7 Å². The molecule has 2 aliphatic rings. The number of halogens is 1. The molecule has 5 heteroatoms. The minimum Gasteiger partial charge on any atom is -0.342 e. The van der Waals surface area contributed by atoms with Gasteiger partial charge in [0.1, 0.15) is 0 Å². The molecule has 0 N–H and O–H groups in total. The first-order valence-electron chi connectivity index (χ1n) is 10.4. The fraction of sp³-hybridized carbons (Fsp3) is 0.417. The van der Waals surface area contributed by atoms with Gasteiger partial charge in [-0.3, -0.25) is 9.59 Å². The third-order valence-electron chi connectivity index (χ3n) is 6.12. The SMILES string of the molecule is O=C1CC(C(=O)N2CCC(Cc3ccccc3)CC2)CN1Cc1cccc(Br)c1. The van der Waals surface area contributed by atoms with Gasteiger partial charge in [0.2, 0.25) is 11.8 Å². The Morgan fingerprint density at radius 3 is 2.45 bits per heavy atom. The van der Waals surface area contributed by atoms with Crippen LogP contribution in [-0.4, -0.2) is 41.2 Å². The highest BCUT2D eigenvalue weighted by Gasteiger charge is 2.37. The van der Waals surface area contributed by atoms with Crippen LogP contribution in [0.5, 0.6) is 0 Å². The first-order chi connectivity index (χ1) is 14.1. The van der Waals surface area contributed by atoms with Gasteiger partial charge in [-0.1, -0.05) is 58.4 Å². The summed E-state index contributed by atoms with van der Waals surface area (Å²) in [5.41, 5.74) is 2.46. The van der Waals surface area contributed by atoms with Crippen molar-refractivity contribution < 1.29 is 9.59 Å².